The Labute approximate surface area is 225 Å². The van der Waals surface area contributed by atoms with Crippen LogP contribution in [0.15, 0.2) is 0 Å². The van der Waals surface area contributed by atoms with Gasteiger partial charge in [-0.1, -0.05) is 65.2 Å². The van der Waals surface area contributed by atoms with Crippen LogP contribution in [0.3, 0.4) is 0 Å². The number of aliphatic hydroxyl groups excluding tert-OH is 3. The fourth-order valence-electron chi connectivity index (χ4n) is 3.95. The third kappa shape index (κ3) is 14.7. The second-order valence-electron chi connectivity index (χ2n) is 9.72. The van der Waals surface area contributed by atoms with Crippen LogP contribution in [-0.2, 0) is 38.7 Å². The van der Waals surface area contributed by atoms with Gasteiger partial charge in [-0.05, 0) is 12.8 Å². The van der Waals surface area contributed by atoms with Crippen LogP contribution in [-0.4, -0.2) is 96.0 Å². The Bertz CT molecular complexity index is 774. The minimum Gasteiger partial charge on any atom is -0.462 e. The highest BCUT2D eigenvalue weighted by Gasteiger charge is 2.46. The Kier molecular flexibility index (Phi) is 17.2. The van der Waals surface area contributed by atoms with E-state index < -0.39 is 71.2 Å². The van der Waals surface area contributed by atoms with Crippen LogP contribution in [0.5, 0.6) is 0 Å². The lowest BCUT2D eigenvalue weighted by Gasteiger charge is -2.40. The molecule has 0 spiro atoms. The van der Waals surface area contributed by atoms with Gasteiger partial charge >= 0.3 is 11.9 Å². The molecule has 0 radical (unpaired) electrons. The number of carbonyl (C=O) groups excluding carboxylic acids is 2. The van der Waals surface area contributed by atoms with Crippen molar-refractivity contribution in [1.29, 1.82) is 0 Å². The average molecular weight is 571 g/mol. The van der Waals surface area contributed by atoms with Gasteiger partial charge in [0, 0.05) is 12.8 Å². The number of hydrogen-bond donors (Lipinski definition) is 4. The van der Waals surface area contributed by atoms with E-state index in [1.165, 1.54) is 25.7 Å². The summed E-state index contributed by atoms with van der Waals surface area (Å²) < 4.78 is 52.7. The quantitative estimate of drug-likeness (QED) is 0.0947. The minimum absolute atomic E-state index is 0.142. The van der Waals surface area contributed by atoms with Gasteiger partial charge in [0.15, 0.2) is 12.4 Å². The summed E-state index contributed by atoms with van der Waals surface area (Å²) in [5.74, 6) is -2.03. The van der Waals surface area contributed by atoms with Crippen molar-refractivity contribution < 1.29 is 56.8 Å². The van der Waals surface area contributed by atoms with Gasteiger partial charge in [0.05, 0.1) is 6.61 Å². The summed E-state index contributed by atoms with van der Waals surface area (Å²) in [6.07, 6.45) is 0.716. The number of ether oxygens (including phenoxy) is 4. The predicted octanol–water partition coefficient (Wildman–Crippen LogP) is 1.87. The van der Waals surface area contributed by atoms with E-state index in [1.54, 1.807) is 0 Å². The molecule has 6 atom stereocenters. The molecule has 38 heavy (non-hydrogen) atoms. The summed E-state index contributed by atoms with van der Waals surface area (Å²) in [6.45, 7) is 3.36. The molecule has 0 aromatic heterocycles. The summed E-state index contributed by atoms with van der Waals surface area (Å²) in [5.41, 5.74) is 0. The Hall–Kier alpha value is -1.35. The Morgan fingerprint density at radius 3 is 1.97 bits per heavy atom. The van der Waals surface area contributed by atoms with Crippen LogP contribution in [0.25, 0.3) is 0 Å². The lowest BCUT2D eigenvalue weighted by Crippen LogP contribution is -2.60. The molecule has 1 rings (SSSR count). The summed E-state index contributed by atoms with van der Waals surface area (Å²) in [4.78, 5) is 24.3. The van der Waals surface area contributed by atoms with Gasteiger partial charge in [-0.2, -0.15) is 8.42 Å². The van der Waals surface area contributed by atoms with Crippen molar-refractivity contribution in [3.63, 3.8) is 0 Å². The van der Waals surface area contributed by atoms with Crippen molar-refractivity contribution in [2.75, 3.05) is 19.0 Å². The second kappa shape index (κ2) is 18.9. The predicted molar refractivity (Wildman–Crippen MR) is 137 cm³/mol. The van der Waals surface area contributed by atoms with Crippen LogP contribution >= 0.6 is 0 Å². The van der Waals surface area contributed by atoms with Gasteiger partial charge in [0.25, 0.3) is 10.1 Å². The third-order valence-corrected chi connectivity index (χ3v) is 6.94. The molecule has 12 nitrogen and oxygen atoms in total. The number of rotatable bonds is 20. The van der Waals surface area contributed by atoms with Crippen molar-refractivity contribution in [2.45, 2.75) is 128 Å². The molecule has 0 aliphatic carbocycles. The van der Waals surface area contributed by atoms with Crippen molar-refractivity contribution in [3.8, 4) is 0 Å². The summed E-state index contributed by atoms with van der Waals surface area (Å²) in [6, 6.07) is 0. The zero-order valence-electron chi connectivity index (χ0n) is 22.5. The molecule has 0 aromatic carbocycles. The highest BCUT2D eigenvalue weighted by atomic mass is 32.2. The fourth-order valence-corrected chi connectivity index (χ4v) is 4.64. The van der Waals surface area contributed by atoms with Crippen molar-refractivity contribution in [2.24, 2.45) is 0 Å². The lowest BCUT2D eigenvalue weighted by molar-refractivity contribution is -0.297. The van der Waals surface area contributed by atoms with Crippen LogP contribution < -0.4 is 0 Å². The van der Waals surface area contributed by atoms with Crippen LogP contribution in [0.2, 0.25) is 0 Å². The van der Waals surface area contributed by atoms with Crippen LogP contribution in [0, 0.1) is 0 Å². The first kappa shape index (κ1) is 34.7. The van der Waals surface area contributed by atoms with E-state index in [1.807, 2.05) is 6.92 Å². The fraction of sp³-hybridized carbons (Fsp3) is 0.920. The zero-order valence-corrected chi connectivity index (χ0v) is 23.4. The summed E-state index contributed by atoms with van der Waals surface area (Å²) >= 11 is 0. The van der Waals surface area contributed by atoms with Gasteiger partial charge in [0.1, 0.15) is 36.8 Å². The molecule has 1 aliphatic heterocycles. The number of hydrogen-bond acceptors (Lipinski definition) is 11. The first-order valence-corrected chi connectivity index (χ1v) is 15.2. The van der Waals surface area contributed by atoms with E-state index in [-0.39, 0.29) is 19.4 Å². The van der Waals surface area contributed by atoms with E-state index in [9.17, 15) is 33.3 Å². The number of carbonyl (C=O) groups is 2. The van der Waals surface area contributed by atoms with Gasteiger partial charge in [-0.3, -0.25) is 14.1 Å². The maximum Gasteiger partial charge on any atom is 0.306 e. The van der Waals surface area contributed by atoms with E-state index >= 15 is 0 Å². The van der Waals surface area contributed by atoms with Gasteiger partial charge in [-0.25, -0.2) is 0 Å². The summed E-state index contributed by atoms with van der Waals surface area (Å²) in [7, 11) is -4.57. The molecule has 4 N–H and O–H groups in total. The molecule has 224 valence electrons. The smallest absolute Gasteiger partial charge is 0.306 e. The number of esters is 2. The molecule has 13 heteroatoms. The van der Waals surface area contributed by atoms with Crippen molar-refractivity contribution >= 4 is 22.1 Å². The van der Waals surface area contributed by atoms with Crippen LogP contribution in [0.4, 0.5) is 0 Å². The van der Waals surface area contributed by atoms with Gasteiger partial charge in [0.2, 0.25) is 0 Å². The monoisotopic (exact) mass is 570 g/mol. The second-order valence-corrected chi connectivity index (χ2v) is 11.2. The van der Waals surface area contributed by atoms with Crippen molar-refractivity contribution in [3.05, 3.63) is 0 Å². The molecule has 0 aromatic rings. The Morgan fingerprint density at radius 2 is 1.37 bits per heavy atom. The first-order valence-electron chi connectivity index (χ1n) is 13.6. The highest BCUT2D eigenvalue weighted by molar-refractivity contribution is 7.85. The highest BCUT2D eigenvalue weighted by Crippen LogP contribution is 2.23. The molecule has 0 amide bonds. The maximum absolute atomic E-state index is 12.2. The molecule has 1 heterocycles. The first-order chi connectivity index (χ1) is 18.0. The van der Waals surface area contributed by atoms with Gasteiger partial charge in [-0.15, -0.1) is 0 Å². The van der Waals surface area contributed by atoms with E-state index in [2.05, 4.69) is 6.92 Å². The Morgan fingerprint density at radius 1 is 0.789 bits per heavy atom. The molecule has 0 saturated carbocycles. The Balaban J connectivity index is 2.60. The van der Waals surface area contributed by atoms with Crippen molar-refractivity contribution in [1.82, 2.24) is 0 Å². The topological polar surface area (TPSA) is 186 Å². The molecule has 1 fully saturated rings. The van der Waals surface area contributed by atoms with E-state index in [0.717, 1.165) is 25.7 Å². The molecule has 0 bridgehead atoms. The molecular weight excluding hydrogens is 524 g/mol. The maximum atomic E-state index is 12.2. The number of unbranched alkanes of at least 4 members (excludes halogenated alkanes) is 8. The van der Waals surface area contributed by atoms with E-state index in [0.29, 0.717) is 12.8 Å². The largest absolute Gasteiger partial charge is 0.462 e. The molecule has 1 saturated heterocycles. The van der Waals surface area contributed by atoms with Gasteiger partial charge < -0.3 is 34.3 Å². The lowest BCUT2D eigenvalue weighted by atomic mass is 10.00. The summed E-state index contributed by atoms with van der Waals surface area (Å²) in [5, 5.41) is 30.2. The average Bonchev–Trinajstić information content (AvgIpc) is 2.86. The van der Waals surface area contributed by atoms with E-state index in [4.69, 9.17) is 23.5 Å². The number of aliphatic hydroxyl groups is 3. The molecule has 0 unspecified atom stereocenters. The van der Waals surface area contributed by atoms with Crippen LogP contribution in [0.1, 0.15) is 90.9 Å². The minimum atomic E-state index is -4.57. The normalized spacial score (nSPS) is 24.6. The third-order valence-electron chi connectivity index (χ3n) is 6.19. The molecular formula is C25H46O12S. The standard InChI is InChI=1S/C25H46O12S/c1-3-5-7-8-9-10-11-12-14-20(26)34-15-18(36-21(27)13-6-4-2)16-35-25-24(30)23(29)22(28)19(37-25)17-38(31,32)33/h18-19,22-25,28-30H,3-17H2,1-2H3,(H,31,32,33)/t18-,19-,22-,23+,24-,25-/m1/s1. The zero-order chi connectivity index (χ0) is 28.6. The molecule has 1 aliphatic rings. The SMILES string of the molecule is CCCCCCCCCCC(=O)OC[C@H](CO[C@@H]1O[C@H](CS(=O)(=O)O)[C@@H](O)[C@H](O)[C@H]1O)OC(=O)CCCC.